The Labute approximate surface area is 158 Å². The minimum Gasteiger partial charge on any atom is -0.337 e. The maximum Gasteiger partial charge on any atom is 0.123 e. The number of benzene rings is 2. The molecule has 2 aliphatic rings. The lowest BCUT2D eigenvalue weighted by atomic mass is 9.89. The van der Waals surface area contributed by atoms with Gasteiger partial charge in [-0.15, -0.1) is 11.6 Å². The Kier molecular flexibility index (Phi) is 5.14. The molecule has 0 aliphatic carbocycles. The average Bonchev–Trinajstić information content (AvgIpc) is 2.96. The van der Waals surface area contributed by atoms with Crippen LogP contribution in [0.25, 0.3) is 0 Å². The van der Waals surface area contributed by atoms with Crippen LogP contribution in [-0.4, -0.2) is 36.5 Å². The molecule has 138 valence electrons. The van der Waals surface area contributed by atoms with Crippen LogP contribution in [0.2, 0.25) is 0 Å². The minimum atomic E-state index is -0.238. The van der Waals surface area contributed by atoms with Crippen LogP contribution >= 0.6 is 11.6 Å². The van der Waals surface area contributed by atoms with Crippen LogP contribution in [0.3, 0.4) is 0 Å². The zero-order valence-electron chi connectivity index (χ0n) is 14.7. The second kappa shape index (κ2) is 7.53. The van der Waals surface area contributed by atoms with Gasteiger partial charge in [0.05, 0.1) is 0 Å². The third-order valence-corrected chi connectivity index (χ3v) is 5.87. The number of hydrogen-bond donors (Lipinski definition) is 0. The molecular weight excluding hydrogens is 354 g/mol. The van der Waals surface area contributed by atoms with Crippen molar-refractivity contribution in [3.8, 4) is 0 Å². The molecule has 1 fully saturated rings. The Morgan fingerprint density at radius 2 is 1.77 bits per heavy atom. The first-order valence-corrected chi connectivity index (χ1v) is 9.83. The maximum atomic E-state index is 14.0. The Bertz CT molecular complexity index is 765. The first-order valence-electron chi connectivity index (χ1n) is 9.30. The van der Waals surface area contributed by atoms with Crippen molar-refractivity contribution in [2.24, 2.45) is 0 Å². The Balaban J connectivity index is 1.64. The van der Waals surface area contributed by atoms with Crippen LogP contribution in [-0.2, 0) is 0 Å². The molecule has 0 aromatic heterocycles. The predicted octanol–water partition coefficient (Wildman–Crippen LogP) is 5.29. The maximum absolute atomic E-state index is 14.0. The van der Waals surface area contributed by atoms with E-state index in [4.69, 9.17) is 11.6 Å². The normalized spacial score (nSPS) is 22.3. The summed E-state index contributed by atoms with van der Waals surface area (Å²) in [5.41, 5.74) is 3.10. The summed E-state index contributed by atoms with van der Waals surface area (Å²) in [6.07, 6.45) is 3.14. The van der Waals surface area contributed by atoms with E-state index in [1.807, 2.05) is 18.2 Å². The summed E-state index contributed by atoms with van der Waals surface area (Å²) in [4.78, 5) is 4.74. The van der Waals surface area contributed by atoms with Crippen molar-refractivity contribution < 1.29 is 8.78 Å². The van der Waals surface area contributed by atoms with Crippen LogP contribution < -0.4 is 4.90 Å². The standard InChI is InChI=1S/C21H23ClF2N2/c22-10-1-2-11-25-12-9-21-19(14-25)18-13-16(24)5-8-20(18)26(21)17-6-3-15(23)4-7-17/h3-8,13,19,21H,1-2,9-12,14H2/t19-,21+/m0/s1. The molecule has 2 aliphatic heterocycles. The Morgan fingerprint density at radius 1 is 1.00 bits per heavy atom. The smallest absolute Gasteiger partial charge is 0.123 e. The summed E-state index contributed by atoms with van der Waals surface area (Å²) in [5, 5.41) is 0. The van der Waals surface area contributed by atoms with E-state index in [-0.39, 0.29) is 17.6 Å². The number of anilines is 2. The molecule has 5 heteroatoms. The summed E-state index contributed by atoms with van der Waals surface area (Å²) in [5.74, 6) is 0.544. The predicted molar refractivity (Wildman–Crippen MR) is 102 cm³/mol. The first-order chi connectivity index (χ1) is 12.7. The van der Waals surface area contributed by atoms with Crippen molar-refractivity contribution in [1.29, 1.82) is 0 Å². The Morgan fingerprint density at radius 3 is 2.54 bits per heavy atom. The zero-order chi connectivity index (χ0) is 18.1. The van der Waals surface area contributed by atoms with Gasteiger partial charge >= 0.3 is 0 Å². The van der Waals surface area contributed by atoms with Gasteiger partial charge in [0.25, 0.3) is 0 Å². The monoisotopic (exact) mass is 376 g/mol. The van der Waals surface area contributed by atoms with E-state index in [0.717, 1.165) is 55.8 Å². The largest absolute Gasteiger partial charge is 0.337 e. The molecule has 2 nitrogen and oxygen atoms in total. The van der Waals surface area contributed by atoms with Gasteiger partial charge in [0.15, 0.2) is 0 Å². The third kappa shape index (κ3) is 3.33. The molecule has 0 bridgehead atoms. The fourth-order valence-corrected chi connectivity index (χ4v) is 4.60. The molecule has 0 saturated carbocycles. The fraction of sp³-hybridized carbons (Fsp3) is 0.429. The lowest BCUT2D eigenvalue weighted by Gasteiger charge is -2.39. The van der Waals surface area contributed by atoms with Crippen LogP contribution in [0.4, 0.5) is 20.2 Å². The molecule has 0 unspecified atom stereocenters. The molecule has 2 aromatic rings. The molecule has 2 atom stereocenters. The summed E-state index contributed by atoms with van der Waals surface area (Å²) < 4.78 is 27.3. The highest BCUT2D eigenvalue weighted by Crippen LogP contribution is 2.48. The van der Waals surface area contributed by atoms with Gasteiger partial charge in [0.1, 0.15) is 11.6 Å². The first kappa shape index (κ1) is 17.7. The highest BCUT2D eigenvalue weighted by molar-refractivity contribution is 6.17. The third-order valence-electron chi connectivity index (χ3n) is 5.60. The Hall–Kier alpha value is -1.65. The zero-order valence-corrected chi connectivity index (χ0v) is 15.4. The number of hydrogen-bond acceptors (Lipinski definition) is 2. The molecule has 0 spiro atoms. The second-order valence-electron chi connectivity index (χ2n) is 7.21. The molecule has 4 rings (SSSR count). The molecule has 1 saturated heterocycles. The number of rotatable bonds is 5. The molecule has 0 amide bonds. The van der Waals surface area contributed by atoms with Gasteiger partial charge in [0, 0.05) is 42.3 Å². The van der Waals surface area contributed by atoms with E-state index >= 15 is 0 Å². The van der Waals surface area contributed by atoms with Crippen LogP contribution in [0.15, 0.2) is 42.5 Å². The van der Waals surface area contributed by atoms with Crippen LogP contribution in [0, 0.1) is 11.6 Å². The molecule has 26 heavy (non-hydrogen) atoms. The number of nitrogens with zero attached hydrogens (tertiary/aromatic N) is 2. The van der Waals surface area contributed by atoms with Crippen molar-refractivity contribution in [1.82, 2.24) is 4.90 Å². The number of alkyl halides is 1. The quantitative estimate of drug-likeness (QED) is 0.516. The van der Waals surface area contributed by atoms with E-state index in [1.165, 1.54) is 18.2 Å². The van der Waals surface area contributed by atoms with Gasteiger partial charge in [-0.2, -0.15) is 0 Å². The van der Waals surface area contributed by atoms with E-state index in [0.29, 0.717) is 11.9 Å². The minimum absolute atomic E-state index is 0.192. The molecule has 2 aromatic carbocycles. The fourth-order valence-electron chi connectivity index (χ4n) is 4.41. The molecule has 0 radical (unpaired) electrons. The van der Waals surface area contributed by atoms with E-state index in [9.17, 15) is 8.78 Å². The van der Waals surface area contributed by atoms with Crippen molar-refractivity contribution in [2.45, 2.75) is 31.2 Å². The summed E-state index contributed by atoms with van der Waals surface area (Å²) in [6, 6.07) is 12.0. The van der Waals surface area contributed by atoms with E-state index in [2.05, 4.69) is 9.80 Å². The average molecular weight is 377 g/mol. The highest BCUT2D eigenvalue weighted by Gasteiger charge is 2.42. The van der Waals surface area contributed by atoms with Gasteiger partial charge in [-0.3, -0.25) is 0 Å². The highest BCUT2D eigenvalue weighted by atomic mass is 35.5. The molecular formula is C21H23ClF2N2. The van der Waals surface area contributed by atoms with Crippen LogP contribution in [0.5, 0.6) is 0 Å². The SMILES string of the molecule is Fc1ccc(N2c3ccc(F)cc3[C@@H]3CN(CCCCCl)CC[C@H]32)cc1. The number of halogens is 3. The van der Waals surface area contributed by atoms with Crippen molar-refractivity contribution in [3.05, 3.63) is 59.7 Å². The van der Waals surface area contributed by atoms with E-state index < -0.39 is 0 Å². The summed E-state index contributed by atoms with van der Waals surface area (Å²) in [6.45, 7) is 3.00. The number of fused-ring (bicyclic) bond motifs is 3. The molecule has 2 heterocycles. The summed E-state index contributed by atoms with van der Waals surface area (Å²) >= 11 is 5.80. The number of likely N-dealkylation sites (tertiary alicyclic amines) is 1. The topological polar surface area (TPSA) is 6.48 Å². The van der Waals surface area contributed by atoms with Crippen molar-refractivity contribution in [2.75, 3.05) is 30.4 Å². The van der Waals surface area contributed by atoms with Crippen molar-refractivity contribution >= 4 is 23.0 Å². The van der Waals surface area contributed by atoms with Gasteiger partial charge in [-0.05, 0) is 73.8 Å². The van der Waals surface area contributed by atoms with Crippen LogP contribution in [0.1, 0.15) is 30.7 Å². The number of unbranched alkanes of at least 4 members (excludes halogenated alkanes) is 1. The lowest BCUT2D eigenvalue weighted by Crippen LogP contribution is -2.45. The van der Waals surface area contributed by atoms with Gasteiger partial charge in [-0.25, -0.2) is 8.78 Å². The van der Waals surface area contributed by atoms with Gasteiger partial charge in [0.2, 0.25) is 0 Å². The van der Waals surface area contributed by atoms with Gasteiger partial charge in [-0.1, -0.05) is 0 Å². The molecule has 0 N–H and O–H groups in total. The summed E-state index contributed by atoms with van der Waals surface area (Å²) in [7, 11) is 0. The van der Waals surface area contributed by atoms with Crippen molar-refractivity contribution in [3.63, 3.8) is 0 Å². The number of piperidine rings is 1. The van der Waals surface area contributed by atoms with Gasteiger partial charge < -0.3 is 9.80 Å². The lowest BCUT2D eigenvalue weighted by molar-refractivity contribution is 0.194. The van der Waals surface area contributed by atoms with E-state index in [1.54, 1.807) is 6.07 Å². The second-order valence-corrected chi connectivity index (χ2v) is 7.59.